The highest BCUT2D eigenvalue weighted by atomic mass is 31.2. The molecule has 0 bridgehead atoms. The molecule has 0 aromatic heterocycles. The first-order chi connectivity index (χ1) is 14.0. The maximum atomic E-state index is 13.3. The van der Waals surface area contributed by atoms with Crippen LogP contribution < -0.4 is 5.32 Å². The van der Waals surface area contributed by atoms with Gasteiger partial charge in [0.05, 0.1) is 5.41 Å². The minimum Gasteiger partial charge on any atom is -0.445 e. The number of nitrogens with zero attached hydrogens (tertiary/aromatic N) is 1. The van der Waals surface area contributed by atoms with Crippen molar-refractivity contribution in [3.05, 3.63) is 35.9 Å². The number of hydrogen-bond donors (Lipinski definition) is 1. The van der Waals surface area contributed by atoms with Crippen LogP contribution in [0, 0.1) is 5.41 Å². The number of ether oxygens (including phenoxy) is 1. The summed E-state index contributed by atoms with van der Waals surface area (Å²) in [6.45, 7) is 5.85. The molecule has 0 radical (unpaired) electrons. The number of benzene rings is 1. The van der Waals surface area contributed by atoms with Gasteiger partial charge in [-0.25, -0.2) is 9.59 Å². The molecule has 9 nitrogen and oxygen atoms in total. The topological polar surface area (TPSA) is 103 Å². The van der Waals surface area contributed by atoms with E-state index in [1.807, 2.05) is 30.3 Å². The normalized spacial score (nSPS) is 17.2. The lowest BCUT2D eigenvalue weighted by Crippen LogP contribution is -2.55. The van der Waals surface area contributed by atoms with Crippen molar-refractivity contribution in [3.8, 4) is 0 Å². The second kappa shape index (κ2) is 9.92. The van der Waals surface area contributed by atoms with Gasteiger partial charge in [0.2, 0.25) is 0 Å². The molecule has 1 aromatic rings. The zero-order valence-corrected chi connectivity index (χ0v) is 19.1. The molecule has 0 unspecified atom stereocenters. The fraction of sp³-hybridized carbons (Fsp3) is 0.600. The molecule has 0 spiro atoms. The van der Waals surface area contributed by atoms with Gasteiger partial charge >= 0.3 is 19.7 Å². The molecule has 10 heteroatoms. The van der Waals surface area contributed by atoms with Gasteiger partial charge in [-0.1, -0.05) is 30.3 Å². The second-order valence-corrected chi connectivity index (χ2v) is 10.7. The van der Waals surface area contributed by atoms with Crippen molar-refractivity contribution in [1.82, 2.24) is 10.4 Å². The molecule has 1 amide bonds. The molecule has 1 aromatic carbocycles. The van der Waals surface area contributed by atoms with Crippen LogP contribution in [-0.4, -0.2) is 49.7 Å². The first-order valence-electron chi connectivity index (χ1n) is 9.73. The van der Waals surface area contributed by atoms with Crippen molar-refractivity contribution in [2.24, 2.45) is 5.41 Å². The molecule has 1 aliphatic heterocycles. The maximum absolute atomic E-state index is 13.3. The van der Waals surface area contributed by atoms with Crippen LogP contribution in [0.4, 0.5) is 4.79 Å². The summed E-state index contributed by atoms with van der Waals surface area (Å²) in [5.41, 5.74) is 0.176. The Balaban J connectivity index is 2.08. The lowest BCUT2D eigenvalue weighted by Gasteiger charge is -2.43. The fourth-order valence-electron chi connectivity index (χ4n) is 3.04. The van der Waals surface area contributed by atoms with Gasteiger partial charge in [0.1, 0.15) is 11.9 Å². The summed E-state index contributed by atoms with van der Waals surface area (Å²) in [6.07, 6.45) is -0.360. The molecule has 2 rings (SSSR count). The van der Waals surface area contributed by atoms with Gasteiger partial charge in [-0.3, -0.25) is 4.57 Å². The van der Waals surface area contributed by atoms with Gasteiger partial charge in [0.15, 0.2) is 0 Å². The van der Waals surface area contributed by atoms with E-state index in [1.54, 1.807) is 20.8 Å². The Kier molecular flexibility index (Phi) is 8.05. The number of amides is 1. The molecule has 0 aliphatic carbocycles. The standard InChI is InChI=1S/C20H31N2O7P/c1-19(2,3)17(23)29-22-13-11-20(12-14-22,30(25,26-4)27-5)21-18(24)28-15-16-9-7-6-8-10-16/h6-10H,11-15H2,1-5H3,(H,21,24). The number of hydrogen-bond acceptors (Lipinski definition) is 8. The summed E-state index contributed by atoms with van der Waals surface area (Å²) in [7, 11) is -1.16. The van der Waals surface area contributed by atoms with Crippen molar-refractivity contribution in [1.29, 1.82) is 0 Å². The summed E-state index contributed by atoms with van der Waals surface area (Å²) < 4.78 is 29.0. The third kappa shape index (κ3) is 5.82. The van der Waals surface area contributed by atoms with Crippen LogP contribution in [0.3, 0.4) is 0 Å². The average Bonchev–Trinajstić information content (AvgIpc) is 2.73. The van der Waals surface area contributed by atoms with E-state index in [0.717, 1.165) is 5.56 Å². The van der Waals surface area contributed by atoms with Gasteiger partial charge in [0.25, 0.3) is 0 Å². The molecule has 168 valence electrons. The highest BCUT2D eigenvalue weighted by molar-refractivity contribution is 7.55. The molecular weight excluding hydrogens is 411 g/mol. The first kappa shape index (κ1) is 24.3. The third-order valence-electron chi connectivity index (χ3n) is 4.93. The van der Waals surface area contributed by atoms with Crippen LogP contribution in [0.25, 0.3) is 0 Å². The lowest BCUT2D eigenvalue weighted by molar-refractivity contribution is -0.205. The quantitative estimate of drug-likeness (QED) is 0.638. The van der Waals surface area contributed by atoms with Crippen LogP contribution in [-0.2, 0) is 34.6 Å². The van der Waals surface area contributed by atoms with Crippen LogP contribution in [0.5, 0.6) is 0 Å². The SMILES string of the molecule is COP(=O)(OC)C1(NC(=O)OCc2ccccc2)CCN(OC(=O)C(C)(C)C)CC1. The minimum absolute atomic E-state index is 0.0718. The van der Waals surface area contributed by atoms with Gasteiger partial charge in [-0.05, 0) is 39.2 Å². The Labute approximate surface area is 177 Å². The van der Waals surface area contributed by atoms with Crippen LogP contribution in [0.1, 0.15) is 39.2 Å². The summed E-state index contributed by atoms with van der Waals surface area (Å²) in [5.74, 6) is -0.369. The van der Waals surface area contributed by atoms with Crippen molar-refractivity contribution in [2.45, 2.75) is 45.5 Å². The Morgan fingerprint density at radius 1 is 1.10 bits per heavy atom. The summed E-state index contributed by atoms with van der Waals surface area (Å²) >= 11 is 0. The second-order valence-electron chi connectivity index (χ2n) is 8.14. The molecular formula is C20H31N2O7P. The lowest BCUT2D eigenvalue weighted by atomic mass is 9.98. The predicted molar refractivity (Wildman–Crippen MR) is 110 cm³/mol. The largest absolute Gasteiger partial charge is 0.445 e. The smallest absolute Gasteiger partial charge is 0.408 e. The highest BCUT2D eigenvalue weighted by Gasteiger charge is 2.53. The van der Waals surface area contributed by atoms with Crippen molar-refractivity contribution in [3.63, 3.8) is 0 Å². The Morgan fingerprint density at radius 2 is 1.67 bits per heavy atom. The zero-order chi connectivity index (χ0) is 22.4. The van der Waals surface area contributed by atoms with Gasteiger partial charge in [0, 0.05) is 27.3 Å². The van der Waals surface area contributed by atoms with Gasteiger partial charge in [-0.15, -0.1) is 5.06 Å². The molecule has 0 atom stereocenters. The number of carbonyl (C=O) groups is 2. The molecule has 1 N–H and O–H groups in total. The van der Waals surface area contributed by atoms with Gasteiger partial charge in [-0.2, -0.15) is 0 Å². The molecule has 30 heavy (non-hydrogen) atoms. The fourth-order valence-corrected chi connectivity index (χ4v) is 4.87. The van der Waals surface area contributed by atoms with E-state index in [9.17, 15) is 14.2 Å². The predicted octanol–water partition coefficient (Wildman–Crippen LogP) is 3.70. The van der Waals surface area contributed by atoms with E-state index < -0.39 is 24.4 Å². The third-order valence-corrected chi connectivity index (χ3v) is 7.50. The maximum Gasteiger partial charge on any atom is 0.408 e. The zero-order valence-electron chi connectivity index (χ0n) is 18.2. The van der Waals surface area contributed by atoms with E-state index in [0.29, 0.717) is 0 Å². The van der Waals surface area contributed by atoms with E-state index in [1.165, 1.54) is 19.3 Å². The molecule has 1 fully saturated rings. The number of nitrogens with one attached hydrogen (secondary N) is 1. The Bertz CT molecular complexity index is 763. The average molecular weight is 442 g/mol. The van der Waals surface area contributed by atoms with E-state index in [-0.39, 0.29) is 38.5 Å². The van der Waals surface area contributed by atoms with Gasteiger partial charge < -0.3 is 23.9 Å². The monoisotopic (exact) mass is 442 g/mol. The number of alkyl carbamates (subject to hydrolysis) is 1. The van der Waals surface area contributed by atoms with Crippen molar-refractivity contribution in [2.75, 3.05) is 27.3 Å². The van der Waals surface area contributed by atoms with E-state index in [2.05, 4.69) is 5.32 Å². The first-order valence-corrected chi connectivity index (χ1v) is 11.3. The molecule has 1 saturated heterocycles. The van der Waals surface area contributed by atoms with Crippen molar-refractivity contribution >= 4 is 19.7 Å². The Hall–Kier alpha value is -1.93. The summed E-state index contributed by atoms with van der Waals surface area (Å²) in [4.78, 5) is 30.1. The van der Waals surface area contributed by atoms with Crippen LogP contribution in [0.2, 0.25) is 0 Å². The number of hydroxylamine groups is 2. The summed E-state index contributed by atoms with van der Waals surface area (Å²) in [5, 5.41) is 2.91. The molecule has 0 saturated carbocycles. The highest BCUT2D eigenvalue weighted by Crippen LogP contribution is 2.61. The molecule has 1 heterocycles. The van der Waals surface area contributed by atoms with Crippen LogP contribution in [0.15, 0.2) is 30.3 Å². The number of carbonyl (C=O) groups excluding carboxylic acids is 2. The Morgan fingerprint density at radius 3 is 2.17 bits per heavy atom. The minimum atomic E-state index is -3.71. The van der Waals surface area contributed by atoms with E-state index >= 15 is 0 Å². The summed E-state index contributed by atoms with van der Waals surface area (Å²) in [6, 6.07) is 9.22. The van der Waals surface area contributed by atoms with E-state index in [4.69, 9.17) is 18.6 Å². The van der Waals surface area contributed by atoms with Crippen LogP contribution >= 0.6 is 7.60 Å². The number of rotatable bonds is 7. The molecule has 1 aliphatic rings. The number of piperidine rings is 1. The van der Waals surface area contributed by atoms with Crippen molar-refractivity contribution < 1.29 is 32.8 Å².